The average molecular weight is 366 g/mol. The van der Waals surface area contributed by atoms with Gasteiger partial charge in [0.2, 0.25) is 5.91 Å². The van der Waals surface area contributed by atoms with Gasteiger partial charge in [0.1, 0.15) is 11.4 Å². The number of nitro benzene ring substituents is 1. The van der Waals surface area contributed by atoms with Gasteiger partial charge in [-0.2, -0.15) is 0 Å². The molecular weight excluding hydrogens is 353 g/mol. The second-order valence-electron chi connectivity index (χ2n) is 5.13. The Morgan fingerprint density at radius 1 is 1.24 bits per heavy atom. The molecule has 2 aromatic rings. The van der Waals surface area contributed by atoms with E-state index in [-0.39, 0.29) is 17.1 Å². The monoisotopic (exact) mass is 365 g/mol. The van der Waals surface area contributed by atoms with E-state index in [1.54, 1.807) is 0 Å². The molecule has 9 heteroatoms. The van der Waals surface area contributed by atoms with Crippen LogP contribution in [0.25, 0.3) is 0 Å². The van der Waals surface area contributed by atoms with Gasteiger partial charge in [-0.1, -0.05) is 11.6 Å². The molecule has 0 bridgehead atoms. The molecule has 2 rings (SSSR count). The SMILES string of the molecule is CN(CC(=O)Nc1ccc(F)cc1)C(=O)c1ccc(Cl)cc1[N+](=O)[O-]. The summed E-state index contributed by atoms with van der Waals surface area (Å²) in [5.41, 5.74) is -0.250. The number of likely N-dealkylation sites (N-methyl/N-ethyl adjacent to an activating group) is 1. The van der Waals surface area contributed by atoms with Crippen LogP contribution < -0.4 is 5.32 Å². The van der Waals surface area contributed by atoms with Crippen LogP contribution in [0.1, 0.15) is 10.4 Å². The standard InChI is InChI=1S/C16H13ClFN3O4/c1-20(9-15(22)19-12-5-3-11(18)4-6-12)16(23)13-7-2-10(17)8-14(13)21(24)25/h2-8H,9H2,1H3,(H,19,22). The van der Waals surface area contributed by atoms with Crippen LogP contribution in [0.3, 0.4) is 0 Å². The molecule has 0 heterocycles. The van der Waals surface area contributed by atoms with Gasteiger partial charge in [-0.05, 0) is 36.4 Å². The number of nitro groups is 1. The lowest BCUT2D eigenvalue weighted by Gasteiger charge is -2.17. The highest BCUT2D eigenvalue weighted by atomic mass is 35.5. The van der Waals surface area contributed by atoms with E-state index in [0.29, 0.717) is 5.69 Å². The largest absolute Gasteiger partial charge is 0.332 e. The normalized spacial score (nSPS) is 10.2. The highest BCUT2D eigenvalue weighted by Crippen LogP contribution is 2.24. The van der Waals surface area contributed by atoms with Gasteiger partial charge in [0.25, 0.3) is 11.6 Å². The molecule has 130 valence electrons. The summed E-state index contributed by atoms with van der Waals surface area (Å²) in [6.07, 6.45) is 0. The first kappa shape index (κ1) is 18.3. The third-order valence-corrected chi connectivity index (χ3v) is 3.48. The molecule has 0 saturated carbocycles. The number of hydrogen-bond acceptors (Lipinski definition) is 4. The number of amides is 2. The molecule has 0 saturated heterocycles. The summed E-state index contributed by atoms with van der Waals surface area (Å²) < 4.78 is 12.8. The second-order valence-corrected chi connectivity index (χ2v) is 5.57. The molecule has 0 radical (unpaired) electrons. The smallest absolute Gasteiger partial charge is 0.283 e. The van der Waals surface area contributed by atoms with Crippen LogP contribution in [0, 0.1) is 15.9 Å². The van der Waals surface area contributed by atoms with Crippen molar-refractivity contribution in [3.05, 3.63) is 69.0 Å². The fraction of sp³-hybridized carbons (Fsp3) is 0.125. The minimum atomic E-state index is -0.717. The van der Waals surface area contributed by atoms with Crippen LogP contribution in [0.2, 0.25) is 5.02 Å². The Bertz CT molecular complexity index is 827. The maximum absolute atomic E-state index is 12.8. The van der Waals surface area contributed by atoms with E-state index in [0.717, 1.165) is 11.0 Å². The number of carbonyl (C=O) groups excluding carboxylic acids is 2. The summed E-state index contributed by atoms with van der Waals surface area (Å²) >= 11 is 5.71. The molecule has 0 unspecified atom stereocenters. The van der Waals surface area contributed by atoms with E-state index >= 15 is 0 Å². The highest BCUT2D eigenvalue weighted by Gasteiger charge is 2.24. The molecule has 0 spiro atoms. The Morgan fingerprint density at radius 2 is 1.88 bits per heavy atom. The first-order chi connectivity index (χ1) is 11.8. The highest BCUT2D eigenvalue weighted by molar-refractivity contribution is 6.31. The van der Waals surface area contributed by atoms with E-state index < -0.39 is 28.2 Å². The Labute approximate surface area is 147 Å². The number of nitrogens with one attached hydrogen (secondary N) is 1. The fourth-order valence-corrected chi connectivity index (χ4v) is 2.23. The van der Waals surface area contributed by atoms with Crippen molar-refractivity contribution >= 4 is 34.8 Å². The van der Waals surface area contributed by atoms with Crippen molar-refractivity contribution in [3.8, 4) is 0 Å². The van der Waals surface area contributed by atoms with Gasteiger partial charge in [0.05, 0.1) is 11.5 Å². The van der Waals surface area contributed by atoms with Crippen molar-refractivity contribution in [3.63, 3.8) is 0 Å². The first-order valence-electron chi connectivity index (χ1n) is 7.02. The Kier molecular flexibility index (Phi) is 5.66. The van der Waals surface area contributed by atoms with E-state index in [1.807, 2.05) is 0 Å². The number of hydrogen-bond donors (Lipinski definition) is 1. The number of rotatable bonds is 5. The van der Waals surface area contributed by atoms with Crippen LogP contribution in [-0.4, -0.2) is 35.2 Å². The Morgan fingerprint density at radius 3 is 2.48 bits per heavy atom. The van der Waals surface area contributed by atoms with E-state index in [1.165, 1.54) is 43.4 Å². The predicted molar refractivity (Wildman–Crippen MR) is 90.1 cm³/mol. The van der Waals surface area contributed by atoms with Crippen molar-refractivity contribution < 1.29 is 18.9 Å². The summed E-state index contributed by atoms with van der Waals surface area (Å²) in [6.45, 7) is -0.337. The van der Waals surface area contributed by atoms with Gasteiger partial charge in [-0.15, -0.1) is 0 Å². The number of carbonyl (C=O) groups is 2. The van der Waals surface area contributed by atoms with Crippen molar-refractivity contribution in [2.45, 2.75) is 0 Å². The molecule has 0 atom stereocenters. The van der Waals surface area contributed by atoms with Crippen LogP contribution in [-0.2, 0) is 4.79 Å². The van der Waals surface area contributed by atoms with Gasteiger partial charge in [0.15, 0.2) is 0 Å². The topological polar surface area (TPSA) is 92.6 Å². The Balaban J connectivity index is 2.08. The lowest BCUT2D eigenvalue weighted by atomic mass is 10.1. The van der Waals surface area contributed by atoms with Crippen LogP contribution >= 0.6 is 11.6 Å². The molecule has 0 aliphatic carbocycles. The molecule has 0 fully saturated rings. The summed E-state index contributed by atoms with van der Waals surface area (Å²) in [5, 5.41) is 13.7. The number of halogens is 2. The third-order valence-electron chi connectivity index (χ3n) is 3.24. The van der Waals surface area contributed by atoms with Crippen LogP contribution in [0.5, 0.6) is 0 Å². The lowest BCUT2D eigenvalue weighted by Crippen LogP contribution is -2.35. The zero-order chi connectivity index (χ0) is 18.6. The summed E-state index contributed by atoms with van der Waals surface area (Å²) in [4.78, 5) is 35.7. The molecule has 7 nitrogen and oxygen atoms in total. The second kappa shape index (κ2) is 7.71. The van der Waals surface area contributed by atoms with Gasteiger partial charge in [-0.25, -0.2) is 4.39 Å². The number of benzene rings is 2. The van der Waals surface area contributed by atoms with Gasteiger partial charge >= 0.3 is 0 Å². The quantitative estimate of drug-likeness (QED) is 0.651. The van der Waals surface area contributed by atoms with Crippen molar-refractivity contribution in [2.24, 2.45) is 0 Å². The maximum atomic E-state index is 12.8. The summed E-state index contributed by atoms with van der Waals surface area (Å²) in [7, 11) is 1.34. The molecule has 25 heavy (non-hydrogen) atoms. The zero-order valence-electron chi connectivity index (χ0n) is 13.0. The van der Waals surface area contributed by atoms with Gasteiger partial charge < -0.3 is 10.2 Å². The fourth-order valence-electron chi connectivity index (χ4n) is 2.06. The van der Waals surface area contributed by atoms with Gasteiger partial charge in [0, 0.05) is 23.8 Å². The number of anilines is 1. The molecule has 2 aromatic carbocycles. The van der Waals surface area contributed by atoms with Gasteiger partial charge in [-0.3, -0.25) is 19.7 Å². The van der Waals surface area contributed by atoms with E-state index in [9.17, 15) is 24.1 Å². The maximum Gasteiger partial charge on any atom is 0.283 e. The summed E-state index contributed by atoms with van der Waals surface area (Å²) in [6, 6.07) is 8.77. The lowest BCUT2D eigenvalue weighted by molar-refractivity contribution is -0.385. The van der Waals surface area contributed by atoms with E-state index in [4.69, 9.17) is 11.6 Å². The minimum absolute atomic E-state index is 0.125. The van der Waals surface area contributed by atoms with Crippen molar-refractivity contribution in [2.75, 3.05) is 18.9 Å². The number of nitrogens with zero attached hydrogens (tertiary/aromatic N) is 2. The third kappa shape index (κ3) is 4.74. The van der Waals surface area contributed by atoms with Crippen LogP contribution in [0.15, 0.2) is 42.5 Å². The molecule has 0 aliphatic rings. The first-order valence-corrected chi connectivity index (χ1v) is 7.40. The average Bonchev–Trinajstić information content (AvgIpc) is 2.56. The predicted octanol–water partition coefficient (Wildman–Crippen LogP) is 3.10. The minimum Gasteiger partial charge on any atom is -0.332 e. The van der Waals surface area contributed by atoms with Crippen LogP contribution in [0.4, 0.5) is 15.8 Å². The van der Waals surface area contributed by atoms with E-state index in [2.05, 4.69) is 5.32 Å². The molecule has 0 aromatic heterocycles. The molecule has 1 N–H and O–H groups in total. The molecule has 2 amide bonds. The van der Waals surface area contributed by atoms with Crippen molar-refractivity contribution in [1.82, 2.24) is 4.90 Å². The summed E-state index contributed by atoms with van der Waals surface area (Å²) in [5.74, 6) is -1.67. The Hall–Kier alpha value is -3.00. The van der Waals surface area contributed by atoms with Crippen molar-refractivity contribution in [1.29, 1.82) is 0 Å². The molecular formula is C16H13ClFN3O4. The molecule has 0 aliphatic heterocycles. The zero-order valence-corrected chi connectivity index (χ0v) is 13.8.